The van der Waals surface area contributed by atoms with E-state index in [0.29, 0.717) is 6.04 Å². The number of benzene rings is 2. The SMILES string of the molecule is CC1CCCN1N1c2ccccc2Cc2ccccc21. The Hall–Kier alpha value is -1.80. The van der Waals surface area contributed by atoms with Crippen LogP contribution in [0.5, 0.6) is 0 Å². The molecule has 1 fully saturated rings. The number of hydrogen-bond acceptors (Lipinski definition) is 2. The molecular weight excluding hydrogens is 244 g/mol. The van der Waals surface area contributed by atoms with E-state index in [1.807, 2.05) is 0 Å². The summed E-state index contributed by atoms with van der Waals surface area (Å²) >= 11 is 0. The van der Waals surface area contributed by atoms with Crippen molar-refractivity contribution in [2.45, 2.75) is 32.2 Å². The molecule has 2 aromatic carbocycles. The minimum absolute atomic E-state index is 0.620. The predicted octanol–water partition coefficient (Wildman–Crippen LogP) is 4.13. The van der Waals surface area contributed by atoms with E-state index in [4.69, 9.17) is 0 Å². The molecule has 2 nitrogen and oxygen atoms in total. The third kappa shape index (κ3) is 1.75. The van der Waals surface area contributed by atoms with Crippen LogP contribution in [0.2, 0.25) is 0 Å². The quantitative estimate of drug-likeness (QED) is 0.764. The molecule has 0 amide bonds. The molecule has 2 aliphatic heterocycles. The molecule has 2 aromatic rings. The number of hydrogen-bond donors (Lipinski definition) is 0. The minimum atomic E-state index is 0.620. The molecule has 0 spiro atoms. The Labute approximate surface area is 120 Å². The summed E-state index contributed by atoms with van der Waals surface area (Å²) in [5.41, 5.74) is 5.59. The second kappa shape index (κ2) is 4.64. The Balaban J connectivity index is 1.88. The molecule has 2 heteroatoms. The van der Waals surface area contributed by atoms with Crippen molar-refractivity contribution in [1.82, 2.24) is 5.01 Å². The van der Waals surface area contributed by atoms with E-state index in [2.05, 4.69) is 65.5 Å². The van der Waals surface area contributed by atoms with Crippen LogP contribution in [-0.2, 0) is 6.42 Å². The molecule has 0 radical (unpaired) electrons. The number of hydrazine groups is 1. The van der Waals surface area contributed by atoms with Gasteiger partial charge in [-0.15, -0.1) is 0 Å². The van der Waals surface area contributed by atoms with Gasteiger partial charge in [0.2, 0.25) is 0 Å². The first kappa shape index (κ1) is 12.0. The van der Waals surface area contributed by atoms with Gasteiger partial charge in [0.15, 0.2) is 0 Å². The third-order valence-corrected chi connectivity index (χ3v) is 4.60. The topological polar surface area (TPSA) is 6.48 Å². The lowest BCUT2D eigenvalue weighted by atomic mass is 9.96. The van der Waals surface area contributed by atoms with E-state index in [1.54, 1.807) is 0 Å². The second-order valence-electron chi connectivity index (χ2n) is 5.90. The molecule has 0 aliphatic carbocycles. The normalized spacial score (nSPS) is 21.6. The summed E-state index contributed by atoms with van der Waals surface area (Å²) in [5, 5.41) is 5.00. The predicted molar refractivity (Wildman–Crippen MR) is 83.2 cm³/mol. The molecular formula is C18H20N2. The lowest BCUT2D eigenvalue weighted by Crippen LogP contribution is -2.43. The summed E-state index contributed by atoms with van der Waals surface area (Å²) < 4.78 is 0. The van der Waals surface area contributed by atoms with Crippen molar-refractivity contribution < 1.29 is 0 Å². The summed E-state index contributed by atoms with van der Waals surface area (Å²) in [7, 11) is 0. The van der Waals surface area contributed by atoms with Gasteiger partial charge in [-0.1, -0.05) is 36.4 Å². The molecule has 1 atom stereocenters. The van der Waals surface area contributed by atoms with Crippen LogP contribution in [0.25, 0.3) is 0 Å². The van der Waals surface area contributed by atoms with Gasteiger partial charge in [0, 0.05) is 19.0 Å². The van der Waals surface area contributed by atoms with E-state index >= 15 is 0 Å². The first-order chi connectivity index (χ1) is 9.84. The Morgan fingerprint density at radius 3 is 2.05 bits per heavy atom. The Morgan fingerprint density at radius 1 is 0.900 bits per heavy atom. The van der Waals surface area contributed by atoms with E-state index in [0.717, 1.165) is 13.0 Å². The zero-order valence-electron chi connectivity index (χ0n) is 11.9. The number of rotatable bonds is 1. The van der Waals surface area contributed by atoms with Crippen molar-refractivity contribution in [3.63, 3.8) is 0 Å². The van der Waals surface area contributed by atoms with Crippen LogP contribution in [0.15, 0.2) is 48.5 Å². The van der Waals surface area contributed by atoms with Crippen molar-refractivity contribution in [1.29, 1.82) is 0 Å². The van der Waals surface area contributed by atoms with E-state index in [9.17, 15) is 0 Å². The van der Waals surface area contributed by atoms with Crippen LogP contribution >= 0.6 is 0 Å². The average Bonchev–Trinajstić information content (AvgIpc) is 2.90. The summed E-state index contributed by atoms with van der Waals surface area (Å²) in [6.07, 6.45) is 3.63. The molecule has 1 saturated heterocycles. The third-order valence-electron chi connectivity index (χ3n) is 4.60. The van der Waals surface area contributed by atoms with Crippen LogP contribution in [0.1, 0.15) is 30.9 Å². The first-order valence-electron chi connectivity index (χ1n) is 7.57. The van der Waals surface area contributed by atoms with Gasteiger partial charge in [0.1, 0.15) is 0 Å². The van der Waals surface area contributed by atoms with Crippen LogP contribution in [0.4, 0.5) is 11.4 Å². The summed E-state index contributed by atoms with van der Waals surface area (Å²) in [6.45, 7) is 3.50. The van der Waals surface area contributed by atoms with E-state index < -0.39 is 0 Å². The monoisotopic (exact) mass is 264 g/mol. The van der Waals surface area contributed by atoms with Gasteiger partial charge in [-0.25, -0.2) is 5.01 Å². The first-order valence-corrected chi connectivity index (χ1v) is 7.57. The van der Waals surface area contributed by atoms with Gasteiger partial charge in [0.05, 0.1) is 11.4 Å². The lowest BCUT2D eigenvalue weighted by Gasteiger charge is -2.41. The van der Waals surface area contributed by atoms with Gasteiger partial charge in [0.25, 0.3) is 0 Å². The van der Waals surface area contributed by atoms with Gasteiger partial charge in [-0.3, -0.25) is 5.01 Å². The van der Waals surface area contributed by atoms with Crippen molar-refractivity contribution in [3.05, 3.63) is 59.7 Å². The summed E-state index contributed by atoms with van der Waals surface area (Å²) in [4.78, 5) is 0. The van der Waals surface area contributed by atoms with Gasteiger partial charge < -0.3 is 0 Å². The number of nitrogens with zero attached hydrogens (tertiary/aromatic N) is 2. The van der Waals surface area contributed by atoms with Crippen LogP contribution in [0, 0.1) is 0 Å². The number of anilines is 2. The largest absolute Gasteiger partial charge is 0.274 e. The van der Waals surface area contributed by atoms with E-state index in [1.165, 1.54) is 35.3 Å². The summed E-state index contributed by atoms with van der Waals surface area (Å²) in [6, 6.07) is 18.3. The lowest BCUT2D eigenvalue weighted by molar-refractivity contribution is 0.271. The van der Waals surface area contributed by atoms with Gasteiger partial charge in [-0.2, -0.15) is 0 Å². The van der Waals surface area contributed by atoms with Crippen LogP contribution in [-0.4, -0.2) is 17.6 Å². The van der Waals surface area contributed by atoms with Crippen LogP contribution < -0.4 is 5.01 Å². The van der Waals surface area contributed by atoms with E-state index in [-0.39, 0.29) is 0 Å². The molecule has 1 unspecified atom stereocenters. The molecule has 0 saturated carbocycles. The molecule has 2 aliphatic rings. The van der Waals surface area contributed by atoms with Gasteiger partial charge in [-0.05, 0) is 43.0 Å². The van der Waals surface area contributed by atoms with Crippen LogP contribution in [0.3, 0.4) is 0 Å². The number of fused-ring (bicyclic) bond motifs is 2. The molecule has 20 heavy (non-hydrogen) atoms. The van der Waals surface area contributed by atoms with Crippen molar-refractivity contribution >= 4 is 11.4 Å². The molecule has 102 valence electrons. The summed E-state index contributed by atoms with van der Waals surface area (Å²) in [5.74, 6) is 0. The van der Waals surface area contributed by atoms with Crippen molar-refractivity contribution in [2.24, 2.45) is 0 Å². The average molecular weight is 264 g/mol. The highest BCUT2D eigenvalue weighted by molar-refractivity contribution is 5.73. The highest BCUT2D eigenvalue weighted by Crippen LogP contribution is 2.41. The maximum Gasteiger partial charge on any atom is 0.0615 e. The fraction of sp³-hybridized carbons (Fsp3) is 0.333. The van der Waals surface area contributed by atoms with Crippen molar-refractivity contribution in [3.8, 4) is 0 Å². The number of para-hydroxylation sites is 2. The molecule has 0 bridgehead atoms. The smallest absolute Gasteiger partial charge is 0.0615 e. The standard InChI is InChI=1S/C18H20N2/c1-14-7-6-12-19(14)20-17-10-4-2-8-15(17)13-16-9-3-5-11-18(16)20/h2-5,8-11,14H,6-7,12-13H2,1H3. The maximum absolute atomic E-state index is 2.54. The maximum atomic E-state index is 2.54. The Kier molecular flexibility index (Phi) is 2.78. The molecule has 0 aromatic heterocycles. The fourth-order valence-electron chi connectivity index (χ4n) is 3.56. The molecule has 0 N–H and O–H groups in total. The zero-order valence-corrected chi connectivity index (χ0v) is 11.9. The molecule has 4 rings (SSSR count). The molecule has 2 heterocycles. The minimum Gasteiger partial charge on any atom is -0.274 e. The van der Waals surface area contributed by atoms with Crippen molar-refractivity contribution in [2.75, 3.05) is 11.6 Å². The Bertz CT molecular complexity index is 589. The second-order valence-corrected chi connectivity index (χ2v) is 5.90. The highest BCUT2D eigenvalue weighted by Gasteiger charge is 2.32. The fourth-order valence-corrected chi connectivity index (χ4v) is 3.56. The Morgan fingerprint density at radius 2 is 1.50 bits per heavy atom. The highest BCUT2D eigenvalue weighted by atomic mass is 15.6. The van der Waals surface area contributed by atoms with Gasteiger partial charge >= 0.3 is 0 Å². The zero-order chi connectivity index (χ0) is 13.5.